The van der Waals surface area contributed by atoms with E-state index in [2.05, 4.69) is 47.5 Å². The van der Waals surface area contributed by atoms with Gasteiger partial charge in [-0.2, -0.15) is 0 Å². The number of nitrogens with one attached hydrogen (secondary N) is 1. The second-order valence-corrected chi connectivity index (χ2v) is 6.65. The second kappa shape index (κ2) is 11.3. The smallest absolute Gasteiger partial charge is 0.211 e. The molecular formula is C22H30N2O2. The van der Waals surface area contributed by atoms with Gasteiger partial charge in [0.05, 0.1) is 5.69 Å². The van der Waals surface area contributed by atoms with E-state index in [9.17, 15) is 9.90 Å². The van der Waals surface area contributed by atoms with E-state index in [4.69, 9.17) is 0 Å². The molecule has 0 atom stereocenters. The number of anilines is 1. The zero-order valence-corrected chi connectivity index (χ0v) is 15.7. The van der Waals surface area contributed by atoms with E-state index in [1.54, 1.807) is 6.07 Å². The maximum Gasteiger partial charge on any atom is 0.211 e. The van der Waals surface area contributed by atoms with Crippen LogP contribution in [0.3, 0.4) is 0 Å². The van der Waals surface area contributed by atoms with Gasteiger partial charge in [-0.15, -0.1) is 0 Å². The molecule has 140 valence electrons. The zero-order chi connectivity index (χ0) is 18.6. The molecule has 26 heavy (non-hydrogen) atoms. The molecule has 0 aromatic heterocycles. The molecule has 2 rings (SSSR count). The van der Waals surface area contributed by atoms with Gasteiger partial charge in [-0.25, -0.2) is 0 Å². The van der Waals surface area contributed by atoms with Crippen molar-refractivity contribution in [3.63, 3.8) is 0 Å². The number of carbonyl (C=O) groups is 1. The van der Waals surface area contributed by atoms with Gasteiger partial charge >= 0.3 is 0 Å². The molecule has 0 heterocycles. The lowest BCUT2D eigenvalue weighted by Crippen LogP contribution is -2.28. The Bertz CT molecular complexity index is 658. The first-order valence-corrected chi connectivity index (χ1v) is 9.51. The molecule has 2 aromatic carbocycles. The summed E-state index contributed by atoms with van der Waals surface area (Å²) in [6, 6.07) is 16.1. The maximum atomic E-state index is 10.6. The molecule has 0 fully saturated rings. The lowest BCUT2D eigenvalue weighted by Gasteiger charge is -2.22. The second-order valence-electron chi connectivity index (χ2n) is 6.65. The van der Waals surface area contributed by atoms with Gasteiger partial charge in [-0.3, -0.25) is 4.79 Å². The Balaban J connectivity index is 1.78. The number of nitrogens with zero attached hydrogens (tertiary/aromatic N) is 1. The van der Waals surface area contributed by atoms with Crippen LogP contribution in [0.1, 0.15) is 37.3 Å². The average molecular weight is 354 g/mol. The van der Waals surface area contributed by atoms with Crippen molar-refractivity contribution in [3.8, 4) is 5.75 Å². The van der Waals surface area contributed by atoms with Crippen LogP contribution in [0.15, 0.2) is 48.5 Å². The summed E-state index contributed by atoms with van der Waals surface area (Å²) in [5, 5.41) is 12.3. The molecule has 0 saturated heterocycles. The van der Waals surface area contributed by atoms with Gasteiger partial charge in [0.1, 0.15) is 5.75 Å². The number of rotatable bonds is 12. The van der Waals surface area contributed by atoms with Gasteiger partial charge in [0.2, 0.25) is 6.41 Å². The number of aryl methyl sites for hydroxylation is 1. The Labute approximate surface area is 156 Å². The molecular weight excluding hydrogens is 324 g/mol. The first kappa shape index (κ1) is 20.0. The summed E-state index contributed by atoms with van der Waals surface area (Å²) in [5.74, 6) is 0.104. The van der Waals surface area contributed by atoms with Crippen LogP contribution in [-0.2, 0) is 17.6 Å². The van der Waals surface area contributed by atoms with Gasteiger partial charge in [-0.1, -0.05) is 43.3 Å². The fourth-order valence-electron chi connectivity index (χ4n) is 3.17. The number of benzene rings is 2. The van der Waals surface area contributed by atoms with Crippen LogP contribution < -0.4 is 5.32 Å². The quantitative estimate of drug-likeness (QED) is 0.341. The van der Waals surface area contributed by atoms with Crippen LogP contribution in [0.4, 0.5) is 5.69 Å². The SMILES string of the molecule is CCCN(CCCCc1ccccc1)CCc1ccc(O)c(NC=O)c1. The summed E-state index contributed by atoms with van der Waals surface area (Å²) in [6.45, 7) is 5.41. The highest BCUT2D eigenvalue weighted by Crippen LogP contribution is 2.23. The Hall–Kier alpha value is -2.33. The summed E-state index contributed by atoms with van der Waals surface area (Å²) < 4.78 is 0. The molecule has 2 N–H and O–H groups in total. The Morgan fingerprint density at radius 2 is 1.77 bits per heavy atom. The fourth-order valence-corrected chi connectivity index (χ4v) is 3.17. The molecule has 2 aromatic rings. The molecule has 0 spiro atoms. The van der Waals surface area contributed by atoms with Crippen molar-refractivity contribution in [2.45, 2.75) is 39.0 Å². The van der Waals surface area contributed by atoms with Crippen LogP contribution in [-0.4, -0.2) is 36.1 Å². The minimum absolute atomic E-state index is 0.104. The van der Waals surface area contributed by atoms with Crippen molar-refractivity contribution in [1.29, 1.82) is 0 Å². The summed E-state index contributed by atoms with van der Waals surface area (Å²) in [5.41, 5.74) is 3.01. The molecule has 0 aliphatic rings. The van der Waals surface area contributed by atoms with Crippen LogP contribution in [0.25, 0.3) is 0 Å². The van der Waals surface area contributed by atoms with Gasteiger partial charge in [0, 0.05) is 6.54 Å². The number of hydrogen-bond donors (Lipinski definition) is 2. The largest absolute Gasteiger partial charge is 0.506 e. The standard InChI is InChI=1S/C22H30N2O2/c1-2-14-24(15-7-6-10-19-8-4-3-5-9-19)16-13-20-11-12-22(26)21(17-20)23-18-25/h3-5,8-9,11-12,17-18,26H,2,6-7,10,13-16H2,1H3,(H,23,25). The maximum absolute atomic E-state index is 10.6. The van der Waals surface area contributed by atoms with Crippen LogP contribution in [0, 0.1) is 0 Å². The Morgan fingerprint density at radius 3 is 2.50 bits per heavy atom. The fraction of sp³-hybridized carbons (Fsp3) is 0.409. The predicted octanol–water partition coefficient (Wildman–Crippen LogP) is 4.24. The molecule has 4 nitrogen and oxygen atoms in total. The number of phenols is 1. The van der Waals surface area contributed by atoms with E-state index >= 15 is 0 Å². The third-order valence-corrected chi connectivity index (χ3v) is 4.56. The molecule has 0 radical (unpaired) electrons. The average Bonchev–Trinajstić information content (AvgIpc) is 2.66. The van der Waals surface area contributed by atoms with Crippen LogP contribution in [0.5, 0.6) is 5.75 Å². The first-order valence-electron chi connectivity index (χ1n) is 9.51. The molecule has 0 saturated carbocycles. The van der Waals surface area contributed by atoms with Gasteiger partial charge in [-0.05, 0) is 68.5 Å². The van der Waals surface area contributed by atoms with E-state index in [1.165, 1.54) is 18.4 Å². The highest BCUT2D eigenvalue weighted by atomic mass is 16.3. The topological polar surface area (TPSA) is 52.6 Å². The van der Waals surface area contributed by atoms with Gasteiger partial charge < -0.3 is 15.3 Å². The first-order chi connectivity index (χ1) is 12.7. The Morgan fingerprint density at radius 1 is 0.962 bits per heavy atom. The monoisotopic (exact) mass is 354 g/mol. The van der Waals surface area contributed by atoms with Gasteiger partial charge in [0.15, 0.2) is 0 Å². The van der Waals surface area contributed by atoms with Crippen molar-refractivity contribution < 1.29 is 9.90 Å². The van der Waals surface area contributed by atoms with E-state index in [1.807, 2.05) is 12.1 Å². The minimum atomic E-state index is 0.104. The number of phenolic OH excluding ortho intramolecular Hbond substituents is 1. The van der Waals surface area contributed by atoms with Crippen molar-refractivity contribution in [2.24, 2.45) is 0 Å². The third-order valence-electron chi connectivity index (χ3n) is 4.56. The lowest BCUT2D eigenvalue weighted by molar-refractivity contribution is -0.105. The third kappa shape index (κ3) is 6.89. The molecule has 1 amide bonds. The van der Waals surface area contributed by atoms with Crippen LogP contribution >= 0.6 is 0 Å². The van der Waals surface area contributed by atoms with Crippen molar-refractivity contribution in [3.05, 3.63) is 59.7 Å². The number of unbranched alkanes of at least 4 members (excludes halogenated alkanes) is 1. The molecule has 0 unspecified atom stereocenters. The predicted molar refractivity (Wildman–Crippen MR) is 108 cm³/mol. The molecule has 4 heteroatoms. The van der Waals surface area contributed by atoms with E-state index in [-0.39, 0.29) is 5.75 Å². The molecule has 0 aliphatic heterocycles. The molecule has 0 aliphatic carbocycles. The number of hydrogen-bond acceptors (Lipinski definition) is 3. The Kier molecular flexibility index (Phi) is 8.70. The highest BCUT2D eigenvalue weighted by molar-refractivity contribution is 5.75. The lowest BCUT2D eigenvalue weighted by atomic mass is 10.1. The summed E-state index contributed by atoms with van der Waals surface area (Å²) >= 11 is 0. The van der Waals surface area contributed by atoms with Crippen molar-refractivity contribution >= 4 is 12.1 Å². The highest BCUT2D eigenvalue weighted by Gasteiger charge is 2.07. The van der Waals surface area contributed by atoms with Crippen LogP contribution in [0.2, 0.25) is 0 Å². The van der Waals surface area contributed by atoms with E-state index in [0.29, 0.717) is 12.1 Å². The minimum Gasteiger partial charge on any atom is -0.506 e. The van der Waals surface area contributed by atoms with Crippen molar-refractivity contribution in [1.82, 2.24) is 4.90 Å². The summed E-state index contributed by atoms with van der Waals surface area (Å²) in [4.78, 5) is 13.1. The zero-order valence-electron chi connectivity index (χ0n) is 15.7. The van der Waals surface area contributed by atoms with Gasteiger partial charge in [0.25, 0.3) is 0 Å². The normalized spacial score (nSPS) is 10.8. The van der Waals surface area contributed by atoms with Crippen molar-refractivity contribution in [2.75, 3.05) is 25.0 Å². The summed E-state index contributed by atoms with van der Waals surface area (Å²) in [7, 11) is 0. The molecule has 0 bridgehead atoms. The number of amides is 1. The number of carbonyl (C=O) groups excluding carboxylic acids is 1. The number of aromatic hydroxyl groups is 1. The summed E-state index contributed by atoms with van der Waals surface area (Å²) in [6.07, 6.45) is 6.19. The van der Waals surface area contributed by atoms with E-state index in [0.717, 1.165) is 44.5 Å². The van der Waals surface area contributed by atoms with E-state index < -0.39 is 0 Å².